The van der Waals surface area contributed by atoms with E-state index in [-0.39, 0.29) is 21.7 Å². The Morgan fingerprint density at radius 1 is 0.800 bits per heavy atom. The van der Waals surface area contributed by atoms with Crippen LogP contribution in [0.3, 0.4) is 0 Å². The van der Waals surface area contributed by atoms with Crippen molar-refractivity contribution in [1.29, 1.82) is 0 Å². The summed E-state index contributed by atoms with van der Waals surface area (Å²) in [5.41, 5.74) is 0.555. The molecule has 0 radical (unpaired) electrons. The zero-order chi connectivity index (χ0) is 25.4. The van der Waals surface area contributed by atoms with Gasteiger partial charge in [-0.25, -0.2) is 0 Å². The van der Waals surface area contributed by atoms with Crippen molar-refractivity contribution >= 4 is 5.71 Å². The number of oxime groups is 1. The molecule has 10 atom stereocenters. The van der Waals surface area contributed by atoms with Crippen molar-refractivity contribution in [2.45, 2.75) is 125 Å². The lowest BCUT2D eigenvalue weighted by molar-refractivity contribution is -0.247. The highest BCUT2D eigenvalue weighted by Gasteiger charge is 2.74. The van der Waals surface area contributed by atoms with E-state index in [1.165, 1.54) is 44.9 Å². The number of aliphatic hydroxyl groups is 1. The lowest BCUT2D eigenvalue weighted by Crippen LogP contribution is -2.70. The molecule has 6 fully saturated rings. The molecule has 0 amide bonds. The summed E-state index contributed by atoms with van der Waals surface area (Å²) in [6.07, 6.45) is 11.5. The van der Waals surface area contributed by atoms with Gasteiger partial charge in [0.15, 0.2) is 0 Å². The molecule has 0 aromatic carbocycles. The quantitative estimate of drug-likeness (QED) is 0.285. The van der Waals surface area contributed by atoms with Crippen molar-refractivity contribution in [3.05, 3.63) is 0 Å². The Bertz CT molecular complexity index is 953. The minimum absolute atomic E-state index is 0.0464. The fourth-order valence-corrected chi connectivity index (χ4v) is 12.1. The van der Waals surface area contributed by atoms with Gasteiger partial charge in [-0.3, -0.25) is 0 Å². The highest BCUT2D eigenvalue weighted by atomic mass is 16.5. The summed E-state index contributed by atoms with van der Waals surface area (Å²) in [7, 11) is 0. The van der Waals surface area contributed by atoms with Gasteiger partial charge >= 0.3 is 0 Å². The topological polar surface area (TPSA) is 62.1 Å². The summed E-state index contributed by atoms with van der Waals surface area (Å²) in [5.74, 6) is 2.48. The number of nitrogens with zero attached hydrogens (tertiary/aromatic N) is 1. The molecule has 6 rings (SSSR count). The van der Waals surface area contributed by atoms with Crippen LogP contribution in [-0.2, 0) is 4.74 Å². The van der Waals surface area contributed by atoms with Gasteiger partial charge in [0, 0.05) is 5.41 Å². The van der Waals surface area contributed by atoms with Gasteiger partial charge in [-0.2, -0.15) is 0 Å². The molecule has 5 saturated carbocycles. The predicted octanol–water partition coefficient (Wildman–Crippen LogP) is 7.07. The van der Waals surface area contributed by atoms with E-state index in [9.17, 15) is 10.3 Å². The van der Waals surface area contributed by atoms with Gasteiger partial charge in [-0.05, 0) is 115 Å². The second-order valence-electron chi connectivity index (χ2n) is 16.3. The monoisotopic (exact) mass is 485 g/mol. The maximum atomic E-state index is 11.6. The summed E-state index contributed by atoms with van der Waals surface area (Å²) < 4.78 is 6.71. The number of hydrogen-bond donors (Lipinski definition) is 2. The van der Waals surface area contributed by atoms with Gasteiger partial charge in [-0.1, -0.05) is 53.6 Å². The van der Waals surface area contributed by atoms with E-state index in [1.54, 1.807) is 0 Å². The maximum Gasteiger partial charge on any atom is 0.108 e. The third-order valence-electron chi connectivity index (χ3n) is 14.8. The lowest BCUT2D eigenvalue weighted by atomic mass is 9.31. The van der Waals surface area contributed by atoms with Crippen molar-refractivity contribution in [3.8, 4) is 0 Å². The van der Waals surface area contributed by atoms with E-state index in [0.29, 0.717) is 40.4 Å². The molecule has 2 bridgehead atoms. The van der Waals surface area contributed by atoms with Gasteiger partial charge in [-0.15, -0.1) is 0 Å². The Kier molecular flexibility index (Phi) is 4.85. The zero-order valence-corrected chi connectivity index (χ0v) is 23.7. The fraction of sp³-hybridized carbons (Fsp3) is 0.968. The largest absolute Gasteiger partial charge is 0.411 e. The molecule has 2 N–H and O–H groups in total. The molecule has 0 spiro atoms. The maximum absolute atomic E-state index is 11.6. The first-order chi connectivity index (χ1) is 16.1. The van der Waals surface area contributed by atoms with Crippen LogP contribution >= 0.6 is 0 Å². The van der Waals surface area contributed by atoms with E-state index >= 15 is 0 Å². The lowest BCUT2D eigenvalue weighted by Gasteiger charge is -2.74. The summed E-state index contributed by atoms with van der Waals surface area (Å²) in [4.78, 5) is 0. The SMILES string of the molecule is CC1(C)CC[C@]23CC[C@]4(C)[C@H](CC[C@@H]5[C@@]6(C)C/C(=N\O)[C@](C)(O)C(C)(C)[C@@H]6CC[C@]54C)[C@H]2[C@H]1OC3. The van der Waals surface area contributed by atoms with Crippen LogP contribution in [0.1, 0.15) is 113 Å². The minimum Gasteiger partial charge on any atom is -0.411 e. The molecular formula is C31H51NO3. The van der Waals surface area contributed by atoms with Crippen LogP contribution in [0.2, 0.25) is 0 Å². The third kappa shape index (κ3) is 2.65. The van der Waals surface area contributed by atoms with Crippen LogP contribution in [0.4, 0.5) is 0 Å². The molecule has 5 aliphatic carbocycles. The van der Waals surface area contributed by atoms with Gasteiger partial charge in [0.1, 0.15) is 5.60 Å². The van der Waals surface area contributed by atoms with E-state index < -0.39 is 5.60 Å². The molecular weight excluding hydrogens is 434 g/mol. The molecule has 0 unspecified atom stereocenters. The molecule has 0 aromatic heterocycles. The van der Waals surface area contributed by atoms with Gasteiger partial charge in [0.2, 0.25) is 0 Å². The molecule has 6 aliphatic rings. The average Bonchev–Trinajstić information content (AvgIpc) is 3.11. The van der Waals surface area contributed by atoms with Crippen molar-refractivity contribution in [3.63, 3.8) is 0 Å². The van der Waals surface area contributed by atoms with Crippen molar-refractivity contribution in [2.75, 3.05) is 6.61 Å². The number of hydrogen-bond acceptors (Lipinski definition) is 4. The Balaban J connectivity index is 1.42. The molecule has 0 aromatic rings. The molecule has 4 heteroatoms. The Labute approximate surface area is 213 Å². The van der Waals surface area contributed by atoms with E-state index in [2.05, 4.69) is 53.6 Å². The summed E-state index contributed by atoms with van der Waals surface area (Å²) in [6.45, 7) is 20.1. The van der Waals surface area contributed by atoms with E-state index in [4.69, 9.17) is 4.74 Å². The van der Waals surface area contributed by atoms with Crippen LogP contribution in [0, 0.1) is 56.2 Å². The highest BCUT2D eigenvalue weighted by molar-refractivity contribution is 5.94. The standard InChI is InChI=1S/C31H51NO3/c1-25(2)13-15-31-16-14-28(6)19(23(31)24(25)35-18-31)9-10-21-27(5)17-22(32-34)30(8,33)26(3,4)20(27)11-12-29(21,28)7/h19-21,23-24,33-34H,9-18H2,1-8H3/b32-22+/t19-,20+,21-,23+,24-,27+,28-,29-,30+,31-/m1/s1. The average molecular weight is 486 g/mol. The Morgan fingerprint density at radius 2 is 1.49 bits per heavy atom. The van der Waals surface area contributed by atoms with Crippen LogP contribution in [0.15, 0.2) is 5.16 Å². The normalized spacial score (nSPS) is 59.2. The second kappa shape index (κ2) is 6.87. The third-order valence-corrected chi connectivity index (χ3v) is 14.8. The van der Waals surface area contributed by atoms with E-state index in [0.717, 1.165) is 25.4 Å². The number of fused-ring (bicyclic) bond motifs is 5. The molecule has 198 valence electrons. The molecule has 35 heavy (non-hydrogen) atoms. The molecule has 1 heterocycles. The van der Waals surface area contributed by atoms with Crippen LogP contribution < -0.4 is 0 Å². The second-order valence-corrected chi connectivity index (χ2v) is 16.3. The Hall–Kier alpha value is -0.610. The summed E-state index contributed by atoms with van der Waals surface area (Å²) >= 11 is 0. The smallest absolute Gasteiger partial charge is 0.108 e. The first kappa shape index (κ1) is 24.7. The summed E-state index contributed by atoms with van der Waals surface area (Å²) in [6, 6.07) is 0. The van der Waals surface area contributed by atoms with Crippen molar-refractivity contribution < 1.29 is 15.1 Å². The number of ether oxygens (including phenoxy) is 1. The minimum atomic E-state index is -1.07. The molecule has 4 nitrogen and oxygen atoms in total. The highest BCUT2D eigenvalue weighted by Crippen LogP contribution is 2.78. The predicted molar refractivity (Wildman–Crippen MR) is 139 cm³/mol. The van der Waals surface area contributed by atoms with Crippen LogP contribution in [0.25, 0.3) is 0 Å². The van der Waals surface area contributed by atoms with Crippen LogP contribution in [-0.4, -0.2) is 34.3 Å². The fourth-order valence-electron chi connectivity index (χ4n) is 12.1. The Morgan fingerprint density at radius 3 is 2.17 bits per heavy atom. The van der Waals surface area contributed by atoms with E-state index in [1.807, 2.05) is 6.92 Å². The van der Waals surface area contributed by atoms with Crippen molar-refractivity contribution in [1.82, 2.24) is 0 Å². The summed E-state index contributed by atoms with van der Waals surface area (Å²) in [5, 5.41) is 25.3. The van der Waals surface area contributed by atoms with Crippen molar-refractivity contribution in [2.24, 2.45) is 61.3 Å². The first-order valence-corrected chi connectivity index (χ1v) is 14.7. The number of rotatable bonds is 0. The zero-order valence-electron chi connectivity index (χ0n) is 23.7. The van der Waals surface area contributed by atoms with Gasteiger partial charge in [0.25, 0.3) is 0 Å². The molecule has 1 aliphatic heterocycles. The first-order valence-electron chi connectivity index (χ1n) is 14.7. The van der Waals surface area contributed by atoms with Crippen LogP contribution in [0.5, 0.6) is 0 Å². The van der Waals surface area contributed by atoms with Gasteiger partial charge in [0.05, 0.1) is 18.4 Å². The van der Waals surface area contributed by atoms with Gasteiger partial charge < -0.3 is 15.1 Å². The molecule has 1 saturated heterocycles.